The number of unbranched alkanes of at least 4 members (excludes halogenated alkanes) is 1. The second-order valence-electron chi connectivity index (χ2n) is 8.18. The molecule has 2 aromatic carbocycles. The summed E-state index contributed by atoms with van der Waals surface area (Å²) in [5.74, 6) is -0.0457. The van der Waals surface area contributed by atoms with Crippen LogP contribution in [0.15, 0.2) is 66.9 Å². The fourth-order valence-electron chi connectivity index (χ4n) is 3.46. The molecule has 0 radical (unpaired) electrons. The molecule has 1 heterocycles. The monoisotopic (exact) mass is 386 g/mol. The van der Waals surface area contributed by atoms with E-state index in [9.17, 15) is 4.79 Å². The van der Waals surface area contributed by atoms with E-state index in [1.165, 1.54) is 24.8 Å². The number of amides is 1. The number of hydrogen-bond acceptors (Lipinski definition) is 2. The highest BCUT2D eigenvalue weighted by atomic mass is 16.1. The molecule has 0 saturated heterocycles. The topological polar surface area (TPSA) is 42.0 Å². The highest BCUT2D eigenvalue weighted by molar-refractivity contribution is 5.94. The molecule has 1 N–H and O–H groups in total. The van der Waals surface area contributed by atoms with Crippen LogP contribution in [-0.4, -0.2) is 10.9 Å². The molecule has 150 valence electrons. The van der Waals surface area contributed by atoms with Crippen molar-refractivity contribution in [1.29, 1.82) is 0 Å². The SMILES string of the molecule is CCCCC(C)(C)c1ccc(/C=C/CC(=O)Nc2cnc3ccccc3c2)cc1. The van der Waals surface area contributed by atoms with Crippen molar-refractivity contribution in [3.8, 4) is 0 Å². The molecule has 29 heavy (non-hydrogen) atoms. The smallest absolute Gasteiger partial charge is 0.228 e. The van der Waals surface area contributed by atoms with Gasteiger partial charge in [0.15, 0.2) is 0 Å². The van der Waals surface area contributed by atoms with Crippen molar-refractivity contribution in [2.75, 3.05) is 5.32 Å². The third-order valence-corrected chi connectivity index (χ3v) is 5.34. The van der Waals surface area contributed by atoms with Crippen LogP contribution in [0.1, 0.15) is 57.6 Å². The number of carbonyl (C=O) groups is 1. The second-order valence-corrected chi connectivity index (χ2v) is 8.18. The first-order valence-corrected chi connectivity index (χ1v) is 10.4. The zero-order valence-electron chi connectivity index (χ0n) is 17.6. The zero-order valence-corrected chi connectivity index (χ0v) is 17.6. The van der Waals surface area contributed by atoms with E-state index in [1.807, 2.05) is 42.5 Å². The summed E-state index contributed by atoms with van der Waals surface area (Å²) in [6, 6.07) is 18.5. The quantitative estimate of drug-likeness (QED) is 0.465. The molecule has 1 amide bonds. The van der Waals surface area contributed by atoms with Gasteiger partial charge in [-0.3, -0.25) is 9.78 Å². The first kappa shape index (κ1) is 20.8. The third kappa shape index (κ3) is 5.77. The predicted molar refractivity (Wildman–Crippen MR) is 123 cm³/mol. The van der Waals surface area contributed by atoms with Gasteiger partial charge < -0.3 is 5.32 Å². The maximum absolute atomic E-state index is 12.2. The number of aromatic nitrogens is 1. The van der Waals surface area contributed by atoms with Gasteiger partial charge in [-0.25, -0.2) is 0 Å². The molecule has 0 aliphatic carbocycles. The standard InChI is InChI=1S/C26H30N2O/c1-4-5-17-26(2,3)22-15-13-20(14-16-22)9-8-12-25(29)28-23-18-21-10-6-7-11-24(21)27-19-23/h6-11,13-16,18-19H,4-5,12,17H2,1-3H3,(H,28,29)/b9-8+. The molecule has 0 unspecified atom stereocenters. The largest absolute Gasteiger partial charge is 0.324 e. The maximum atomic E-state index is 12.2. The van der Waals surface area contributed by atoms with Gasteiger partial charge in [-0.1, -0.05) is 88.2 Å². The molecule has 3 nitrogen and oxygen atoms in total. The average Bonchev–Trinajstić information content (AvgIpc) is 2.72. The van der Waals surface area contributed by atoms with E-state index in [2.05, 4.69) is 55.3 Å². The number of rotatable bonds is 8. The minimum Gasteiger partial charge on any atom is -0.324 e. The molecule has 0 fully saturated rings. The van der Waals surface area contributed by atoms with E-state index in [0.717, 1.165) is 22.2 Å². The minimum atomic E-state index is -0.0457. The van der Waals surface area contributed by atoms with Crippen molar-refractivity contribution in [2.45, 2.75) is 51.9 Å². The van der Waals surface area contributed by atoms with Crippen LogP contribution in [0.2, 0.25) is 0 Å². The Morgan fingerprint density at radius 1 is 1.10 bits per heavy atom. The van der Waals surface area contributed by atoms with Gasteiger partial charge in [-0.15, -0.1) is 0 Å². The normalized spacial score (nSPS) is 11.8. The summed E-state index contributed by atoms with van der Waals surface area (Å²) in [4.78, 5) is 16.6. The Hall–Kier alpha value is -2.94. The van der Waals surface area contributed by atoms with Crippen LogP contribution in [0.25, 0.3) is 17.0 Å². The molecule has 3 heteroatoms. The number of carbonyl (C=O) groups excluding carboxylic acids is 1. The van der Waals surface area contributed by atoms with Gasteiger partial charge in [0.05, 0.1) is 17.4 Å². The summed E-state index contributed by atoms with van der Waals surface area (Å²) in [5, 5.41) is 3.93. The molecule has 1 aromatic heterocycles. The lowest BCUT2D eigenvalue weighted by Crippen LogP contribution is -2.16. The van der Waals surface area contributed by atoms with E-state index < -0.39 is 0 Å². The van der Waals surface area contributed by atoms with E-state index in [0.29, 0.717) is 6.42 Å². The number of benzene rings is 2. The number of nitrogens with zero attached hydrogens (tertiary/aromatic N) is 1. The Bertz CT molecular complexity index is 987. The lowest BCUT2D eigenvalue weighted by atomic mass is 9.80. The summed E-state index contributed by atoms with van der Waals surface area (Å²) in [6.45, 7) is 6.84. The lowest BCUT2D eigenvalue weighted by molar-refractivity contribution is -0.115. The van der Waals surface area contributed by atoms with Gasteiger partial charge in [-0.05, 0) is 35.1 Å². The molecule has 0 aliphatic rings. The Balaban J connectivity index is 1.55. The molecule has 3 aromatic rings. The van der Waals surface area contributed by atoms with Crippen LogP contribution >= 0.6 is 0 Å². The van der Waals surface area contributed by atoms with Crippen molar-refractivity contribution in [2.24, 2.45) is 0 Å². The van der Waals surface area contributed by atoms with Crippen LogP contribution in [0.4, 0.5) is 5.69 Å². The molecule has 0 atom stereocenters. The molecule has 3 rings (SSSR count). The summed E-state index contributed by atoms with van der Waals surface area (Å²) < 4.78 is 0. The fraction of sp³-hybridized carbons (Fsp3) is 0.308. The van der Waals surface area contributed by atoms with Gasteiger partial charge in [0.2, 0.25) is 5.91 Å². The van der Waals surface area contributed by atoms with Gasteiger partial charge >= 0.3 is 0 Å². The number of anilines is 1. The predicted octanol–water partition coefficient (Wildman–Crippen LogP) is 6.74. The summed E-state index contributed by atoms with van der Waals surface area (Å²) in [5.41, 5.74) is 4.32. The number of hydrogen-bond donors (Lipinski definition) is 1. The highest BCUT2D eigenvalue weighted by Gasteiger charge is 2.19. The molecule has 0 bridgehead atoms. The highest BCUT2D eigenvalue weighted by Crippen LogP contribution is 2.29. The first-order chi connectivity index (χ1) is 14.0. The van der Waals surface area contributed by atoms with E-state index in [1.54, 1.807) is 6.20 Å². The average molecular weight is 387 g/mol. The Kier molecular flexibility index (Phi) is 6.82. The Morgan fingerprint density at radius 3 is 2.62 bits per heavy atom. The molecule has 0 spiro atoms. The lowest BCUT2D eigenvalue weighted by Gasteiger charge is -2.25. The zero-order chi connectivity index (χ0) is 20.7. The van der Waals surface area contributed by atoms with Crippen LogP contribution in [-0.2, 0) is 10.2 Å². The van der Waals surface area contributed by atoms with E-state index >= 15 is 0 Å². The van der Waals surface area contributed by atoms with Gasteiger partial charge in [0, 0.05) is 11.8 Å². The van der Waals surface area contributed by atoms with Crippen LogP contribution < -0.4 is 5.32 Å². The number of nitrogens with one attached hydrogen (secondary N) is 1. The molecular formula is C26H30N2O. The Morgan fingerprint density at radius 2 is 1.86 bits per heavy atom. The number of para-hydroxylation sites is 1. The van der Waals surface area contributed by atoms with Crippen LogP contribution in [0.3, 0.4) is 0 Å². The van der Waals surface area contributed by atoms with Crippen molar-refractivity contribution in [1.82, 2.24) is 4.98 Å². The molecule has 0 saturated carbocycles. The van der Waals surface area contributed by atoms with E-state index in [4.69, 9.17) is 0 Å². The first-order valence-electron chi connectivity index (χ1n) is 10.4. The van der Waals surface area contributed by atoms with Crippen molar-refractivity contribution in [3.05, 3.63) is 78.0 Å². The second kappa shape index (κ2) is 9.51. The van der Waals surface area contributed by atoms with Crippen molar-refractivity contribution >= 4 is 28.6 Å². The number of pyridine rings is 1. The molecular weight excluding hydrogens is 356 g/mol. The summed E-state index contributed by atoms with van der Waals surface area (Å²) >= 11 is 0. The third-order valence-electron chi connectivity index (χ3n) is 5.34. The van der Waals surface area contributed by atoms with E-state index in [-0.39, 0.29) is 11.3 Å². The Labute approximate surface area is 173 Å². The van der Waals surface area contributed by atoms with Gasteiger partial charge in [0.1, 0.15) is 0 Å². The van der Waals surface area contributed by atoms with Crippen LogP contribution in [0.5, 0.6) is 0 Å². The minimum absolute atomic E-state index is 0.0457. The van der Waals surface area contributed by atoms with Crippen molar-refractivity contribution in [3.63, 3.8) is 0 Å². The van der Waals surface area contributed by atoms with Gasteiger partial charge in [0.25, 0.3) is 0 Å². The van der Waals surface area contributed by atoms with Gasteiger partial charge in [-0.2, -0.15) is 0 Å². The fourth-order valence-corrected chi connectivity index (χ4v) is 3.46. The molecule has 0 aliphatic heterocycles. The summed E-state index contributed by atoms with van der Waals surface area (Å²) in [7, 11) is 0. The number of fused-ring (bicyclic) bond motifs is 1. The van der Waals surface area contributed by atoms with Crippen molar-refractivity contribution < 1.29 is 4.79 Å². The summed E-state index contributed by atoms with van der Waals surface area (Å²) in [6.07, 6.45) is 9.60. The van der Waals surface area contributed by atoms with Crippen LogP contribution in [0, 0.1) is 0 Å². The maximum Gasteiger partial charge on any atom is 0.228 e.